The average Bonchev–Trinajstić information content (AvgIpc) is 3.16. The number of carbonyl (C=O) groups is 3. The Morgan fingerprint density at radius 2 is 2.00 bits per heavy atom. The van der Waals surface area contributed by atoms with Crippen LogP contribution in [0.5, 0.6) is 0 Å². The second kappa shape index (κ2) is 9.84. The molecule has 2 aromatic rings. The van der Waals surface area contributed by atoms with Gasteiger partial charge < -0.3 is 25.6 Å². The van der Waals surface area contributed by atoms with Crippen LogP contribution in [0.2, 0.25) is 4.34 Å². The number of thiophene rings is 1. The molecule has 3 amide bonds. The number of carbonyl (C=O) groups excluding carboxylic acids is 3. The molecule has 3 rings (SSSR count). The minimum Gasteiger partial charge on any atom is -0.370 e. The van der Waals surface area contributed by atoms with E-state index < -0.39 is 6.04 Å². The van der Waals surface area contributed by atoms with Gasteiger partial charge in [-0.1, -0.05) is 11.6 Å². The largest absolute Gasteiger partial charge is 0.370 e. The molecule has 1 fully saturated rings. The molecule has 10 heteroatoms. The van der Waals surface area contributed by atoms with Crippen LogP contribution in [-0.2, 0) is 14.3 Å². The predicted molar refractivity (Wildman–Crippen MR) is 113 cm³/mol. The van der Waals surface area contributed by atoms with E-state index >= 15 is 0 Å². The van der Waals surface area contributed by atoms with Crippen LogP contribution in [0, 0.1) is 0 Å². The Balaban J connectivity index is 1.54. The van der Waals surface area contributed by atoms with Crippen LogP contribution in [-0.4, -0.2) is 57.1 Å². The number of likely N-dealkylation sites (N-methyl/N-ethyl adjacent to an activating group) is 1. The molecule has 0 radical (unpaired) electrons. The van der Waals surface area contributed by atoms with Crippen molar-refractivity contribution in [3.63, 3.8) is 0 Å². The zero-order valence-corrected chi connectivity index (χ0v) is 17.3. The van der Waals surface area contributed by atoms with Crippen LogP contribution in [0.4, 0.5) is 11.4 Å². The van der Waals surface area contributed by atoms with Crippen LogP contribution < -0.4 is 20.9 Å². The van der Waals surface area contributed by atoms with Gasteiger partial charge in [0.25, 0.3) is 11.8 Å². The molecule has 0 unspecified atom stereocenters. The summed E-state index contributed by atoms with van der Waals surface area (Å²) in [4.78, 5) is 38.7. The van der Waals surface area contributed by atoms with E-state index in [0.717, 1.165) is 5.69 Å². The van der Waals surface area contributed by atoms with Gasteiger partial charge in [-0.2, -0.15) is 0 Å². The number of ether oxygens (including phenoxy) is 1. The van der Waals surface area contributed by atoms with Crippen LogP contribution in [0.1, 0.15) is 9.67 Å². The van der Waals surface area contributed by atoms with E-state index in [0.29, 0.717) is 28.1 Å². The van der Waals surface area contributed by atoms with Gasteiger partial charge >= 0.3 is 0 Å². The molecular formula is C19H21ClN4O4S. The van der Waals surface area contributed by atoms with Crippen molar-refractivity contribution in [2.45, 2.75) is 6.04 Å². The van der Waals surface area contributed by atoms with E-state index in [-0.39, 0.29) is 30.9 Å². The van der Waals surface area contributed by atoms with Crippen molar-refractivity contribution in [1.29, 1.82) is 0 Å². The summed E-state index contributed by atoms with van der Waals surface area (Å²) in [7, 11) is 1.64. The second-order valence-electron chi connectivity index (χ2n) is 6.29. The van der Waals surface area contributed by atoms with Crippen molar-refractivity contribution < 1.29 is 19.1 Å². The maximum Gasteiger partial charge on any atom is 0.261 e. The van der Waals surface area contributed by atoms with E-state index in [1.165, 1.54) is 11.3 Å². The first-order valence-corrected chi connectivity index (χ1v) is 10.2. The van der Waals surface area contributed by atoms with E-state index in [1.807, 2.05) is 0 Å². The highest BCUT2D eigenvalue weighted by Gasteiger charge is 2.21. The summed E-state index contributed by atoms with van der Waals surface area (Å²) in [6, 6.07) is 9.68. The molecule has 8 nitrogen and oxygen atoms in total. The Hall–Kier alpha value is -2.46. The third-order valence-electron chi connectivity index (χ3n) is 4.36. The topological polar surface area (TPSA) is 99.8 Å². The highest BCUT2D eigenvalue weighted by atomic mass is 35.5. The number of hydrogen-bond donors (Lipinski definition) is 3. The lowest BCUT2D eigenvalue weighted by atomic mass is 10.2. The number of benzene rings is 1. The molecule has 1 saturated heterocycles. The predicted octanol–water partition coefficient (Wildman–Crippen LogP) is 1.72. The van der Waals surface area contributed by atoms with Crippen LogP contribution in [0.3, 0.4) is 0 Å². The maximum atomic E-state index is 12.5. The van der Waals surface area contributed by atoms with Crippen molar-refractivity contribution in [2.75, 3.05) is 43.6 Å². The molecule has 1 aromatic heterocycles. The summed E-state index contributed by atoms with van der Waals surface area (Å²) in [6.45, 7) is 1.20. The third kappa shape index (κ3) is 5.54. The lowest BCUT2D eigenvalue weighted by Crippen LogP contribution is -2.47. The Morgan fingerprint density at radius 1 is 1.24 bits per heavy atom. The van der Waals surface area contributed by atoms with Crippen LogP contribution in [0.15, 0.2) is 36.4 Å². The summed E-state index contributed by atoms with van der Waals surface area (Å²) in [5.41, 5.74) is 1.35. The smallest absolute Gasteiger partial charge is 0.261 e. The first-order chi connectivity index (χ1) is 14.0. The molecule has 0 aliphatic carbocycles. The molecule has 1 aliphatic rings. The summed E-state index contributed by atoms with van der Waals surface area (Å²) < 4.78 is 5.65. The molecule has 29 heavy (non-hydrogen) atoms. The summed E-state index contributed by atoms with van der Waals surface area (Å²) in [5, 5.41) is 8.41. The fourth-order valence-corrected chi connectivity index (χ4v) is 3.75. The van der Waals surface area contributed by atoms with Gasteiger partial charge in [0.2, 0.25) is 5.91 Å². The van der Waals surface area contributed by atoms with E-state index in [2.05, 4.69) is 16.0 Å². The SMILES string of the molecule is CN[C@H](CNC(=O)c1ccc(Cl)s1)C(=O)Nc1ccc(N2CCOCC2=O)cc1. The Morgan fingerprint density at radius 3 is 2.62 bits per heavy atom. The summed E-state index contributed by atoms with van der Waals surface area (Å²) in [5.74, 6) is -0.659. The first kappa shape index (κ1) is 21.3. The van der Waals surface area contributed by atoms with E-state index in [9.17, 15) is 14.4 Å². The standard InChI is InChI=1S/C19H21ClN4O4S/c1-21-14(10-22-19(27)15-6-7-16(20)29-15)18(26)23-12-2-4-13(5-3-12)24-8-9-28-11-17(24)25/h2-7,14,21H,8-11H2,1H3,(H,22,27)(H,23,26)/t14-/m1/s1. The van der Waals surface area contributed by atoms with Gasteiger partial charge in [0, 0.05) is 24.5 Å². The molecule has 1 aliphatic heterocycles. The molecule has 0 spiro atoms. The first-order valence-electron chi connectivity index (χ1n) is 8.98. The Bertz CT molecular complexity index is 887. The Kier molecular flexibility index (Phi) is 7.21. The number of nitrogens with zero attached hydrogens (tertiary/aromatic N) is 1. The van der Waals surface area contributed by atoms with Crippen LogP contribution >= 0.6 is 22.9 Å². The van der Waals surface area contributed by atoms with Crippen molar-refractivity contribution in [3.05, 3.63) is 45.6 Å². The number of amides is 3. The lowest BCUT2D eigenvalue weighted by molar-refractivity contribution is -0.125. The fraction of sp³-hybridized carbons (Fsp3) is 0.316. The summed E-state index contributed by atoms with van der Waals surface area (Å²) in [6.07, 6.45) is 0. The zero-order chi connectivity index (χ0) is 20.8. The fourth-order valence-electron chi connectivity index (χ4n) is 2.79. The van der Waals surface area contributed by atoms with Gasteiger partial charge in [-0.25, -0.2) is 0 Å². The van der Waals surface area contributed by atoms with Gasteiger partial charge in [-0.05, 0) is 43.4 Å². The van der Waals surface area contributed by atoms with E-state index in [1.54, 1.807) is 48.3 Å². The second-order valence-corrected chi connectivity index (χ2v) is 8.00. The number of anilines is 2. The van der Waals surface area contributed by atoms with Crippen molar-refractivity contribution in [1.82, 2.24) is 10.6 Å². The molecule has 3 N–H and O–H groups in total. The highest BCUT2D eigenvalue weighted by Crippen LogP contribution is 2.21. The van der Waals surface area contributed by atoms with Gasteiger partial charge in [0.1, 0.15) is 12.6 Å². The number of rotatable bonds is 7. The highest BCUT2D eigenvalue weighted by molar-refractivity contribution is 7.18. The Labute approximate surface area is 177 Å². The van der Waals surface area contributed by atoms with Crippen LogP contribution in [0.25, 0.3) is 0 Å². The minimum atomic E-state index is -0.616. The zero-order valence-electron chi connectivity index (χ0n) is 15.7. The normalized spacial score (nSPS) is 15.1. The number of morpholine rings is 1. The quantitative estimate of drug-likeness (QED) is 0.613. The molecule has 0 bridgehead atoms. The molecule has 154 valence electrons. The monoisotopic (exact) mass is 436 g/mol. The average molecular weight is 437 g/mol. The summed E-state index contributed by atoms with van der Waals surface area (Å²) >= 11 is 7.01. The van der Waals surface area contributed by atoms with Gasteiger partial charge in [0.05, 0.1) is 15.8 Å². The number of nitrogens with one attached hydrogen (secondary N) is 3. The molecule has 2 heterocycles. The lowest BCUT2D eigenvalue weighted by Gasteiger charge is -2.27. The molecule has 1 aromatic carbocycles. The van der Waals surface area contributed by atoms with Crippen molar-refractivity contribution >= 4 is 52.0 Å². The maximum absolute atomic E-state index is 12.5. The molecule has 1 atom stereocenters. The third-order valence-corrected chi connectivity index (χ3v) is 5.59. The number of halogens is 1. The van der Waals surface area contributed by atoms with E-state index in [4.69, 9.17) is 16.3 Å². The van der Waals surface area contributed by atoms with Gasteiger partial charge in [-0.15, -0.1) is 11.3 Å². The minimum absolute atomic E-state index is 0.0751. The number of hydrogen-bond acceptors (Lipinski definition) is 6. The van der Waals surface area contributed by atoms with Crippen molar-refractivity contribution in [3.8, 4) is 0 Å². The van der Waals surface area contributed by atoms with Gasteiger partial charge in [-0.3, -0.25) is 14.4 Å². The van der Waals surface area contributed by atoms with Crippen molar-refractivity contribution in [2.24, 2.45) is 0 Å². The molecular weight excluding hydrogens is 416 g/mol. The van der Waals surface area contributed by atoms with Gasteiger partial charge in [0.15, 0.2) is 0 Å². The molecule has 0 saturated carbocycles.